The minimum Gasteiger partial charge on any atom is -0.497 e. The second-order valence-corrected chi connectivity index (χ2v) is 5.51. The van der Waals surface area contributed by atoms with Crippen LogP contribution < -0.4 is 15.2 Å². The Hall–Kier alpha value is -2.00. The number of benzene rings is 2. The van der Waals surface area contributed by atoms with Crippen LogP contribution in [0, 0.1) is 0 Å². The van der Waals surface area contributed by atoms with Gasteiger partial charge in [-0.1, -0.05) is 18.2 Å². The number of nitrogens with two attached hydrogens (primary N) is 1. The van der Waals surface area contributed by atoms with E-state index in [2.05, 4.69) is 24.3 Å². The lowest BCUT2D eigenvalue weighted by atomic mass is 9.76. The van der Waals surface area contributed by atoms with Crippen molar-refractivity contribution in [3.63, 3.8) is 0 Å². The third kappa shape index (κ3) is 2.61. The molecule has 0 amide bonds. The standard InChI is InChI=1S/C18H21NO2/c1-20-14-7-3-12(4-8-14)16-10-6-13-5-9-15(21-2)11-17(13)18(16)19/h3-5,7-9,11,16,18H,6,10,19H2,1-2H3. The van der Waals surface area contributed by atoms with Crippen molar-refractivity contribution in [2.24, 2.45) is 5.73 Å². The predicted octanol–water partition coefficient (Wildman–Crippen LogP) is 3.43. The Morgan fingerprint density at radius 3 is 2.29 bits per heavy atom. The molecule has 3 nitrogen and oxygen atoms in total. The van der Waals surface area contributed by atoms with Crippen LogP contribution in [-0.4, -0.2) is 14.2 Å². The van der Waals surface area contributed by atoms with E-state index in [1.807, 2.05) is 18.2 Å². The summed E-state index contributed by atoms with van der Waals surface area (Å²) in [5, 5.41) is 0. The first-order chi connectivity index (χ1) is 10.2. The van der Waals surface area contributed by atoms with Gasteiger partial charge in [0, 0.05) is 12.0 Å². The Kier molecular flexibility index (Phi) is 3.84. The SMILES string of the molecule is COc1ccc(C2CCc3ccc(OC)cc3C2N)cc1. The van der Waals surface area contributed by atoms with E-state index < -0.39 is 0 Å². The summed E-state index contributed by atoms with van der Waals surface area (Å²) in [6.07, 6.45) is 2.14. The van der Waals surface area contributed by atoms with Crippen molar-refractivity contribution in [2.75, 3.05) is 14.2 Å². The highest BCUT2D eigenvalue weighted by Crippen LogP contribution is 2.40. The molecule has 110 valence electrons. The van der Waals surface area contributed by atoms with E-state index in [4.69, 9.17) is 15.2 Å². The minimum absolute atomic E-state index is 0.0113. The van der Waals surface area contributed by atoms with Crippen molar-refractivity contribution < 1.29 is 9.47 Å². The Labute approximate surface area is 125 Å². The number of fused-ring (bicyclic) bond motifs is 1. The molecule has 2 aromatic carbocycles. The van der Waals surface area contributed by atoms with E-state index in [0.717, 1.165) is 24.3 Å². The molecule has 0 bridgehead atoms. The van der Waals surface area contributed by atoms with Crippen LogP contribution in [-0.2, 0) is 6.42 Å². The third-order valence-corrected chi connectivity index (χ3v) is 4.41. The van der Waals surface area contributed by atoms with Gasteiger partial charge in [-0.3, -0.25) is 0 Å². The Morgan fingerprint density at radius 2 is 1.62 bits per heavy atom. The molecule has 0 aliphatic heterocycles. The second-order valence-electron chi connectivity index (χ2n) is 5.51. The van der Waals surface area contributed by atoms with Gasteiger partial charge in [0.05, 0.1) is 14.2 Å². The summed E-state index contributed by atoms with van der Waals surface area (Å²) in [7, 11) is 3.38. The van der Waals surface area contributed by atoms with E-state index in [-0.39, 0.29) is 6.04 Å². The molecular weight excluding hydrogens is 262 g/mol. The first-order valence-electron chi connectivity index (χ1n) is 7.29. The zero-order chi connectivity index (χ0) is 14.8. The smallest absolute Gasteiger partial charge is 0.119 e. The van der Waals surface area contributed by atoms with E-state index in [1.165, 1.54) is 16.7 Å². The summed E-state index contributed by atoms with van der Waals surface area (Å²) in [6, 6.07) is 14.5. The lowest BCUT2D eigenvalue weighted by Crippen LogP contribution is -2.25. The molecule has 2 N–H and O–H groups in total. The molecule has 2 unspecified atom stereocenters. The lowest BCUT2D eigenvalue weighted by Gasteiger charge is -2.31. The molecule has 1 aliphatic carbocycles. The molecule has 0 saturated heterocycles. The van der Waals surface area contributed by atoms with Crippen LogP contribution in [0.1, 0.15) is 35.1 Å². The summed E-state index contributed by atoms with van der Waals surface area (Å²) in [5.41, 5.74) is 10.4. The monoisotopic (exact) mass is 283 g/mol. The molecule has 21 heavy (non-hydrogen) atoms. The highest BCUT2D eigenvalue weighted by Gasteiger charge is 2.28. The highest BCUT2D eigenvalue weighted by molar-refractivity contribution is 5.42. The Morgan fingerprint density at radius 1 is 0.952 bits per heavy atom. The van der Waals surface area contributed by atoms with Gasteiger partial charge in [0.1, 0.15) is 11.5 Å². The zero-order valence-electron chi connectivity index (χ0n) is 12.5. The maximum atomic E-state index is 6.53. The fourth-order valence-corrected chi connectivity index (χ4v) is 3.17. The molecule has 2 aromatic rings. The molecule has 2 atom stereocenters. The molecule has 0 saturated carbocycles. The average molecular weight is 283 g/mol. The largest absolute Gasteiger partial charge is 0.497 e. The first-order valence-corrected chi connectivity index (χ1v) is 7.29. The van der Waals surface area contributed by atoms with Crippen LogP contribution >= 0.6 is 0 Å². The molecule has 0 spiro atoms. The van der Waals surface area contributed by atoms with E-state index in [9.17, 15) is 0 Å². The van der Waals surface area contributed by atoms with Gasteiger partial charge in [-0.15, -0.1) is 0 Å². The van der Waals surface area contributed by atoms with E-state index in [1.54, 1.807) is 14.2 Å². The normalized spacial score (nSPS) is 20.7. The second kappa shape index (κ2) is 5.78. The zero-order valence-corrected chi connectivity index (χ0v) is 12.5. The fraction of sp³-hybridized carbons (Fsp3) is 0.333. The number of methoxy groups -OCH3 is 2. The summed E-state index contributed by atoms with van der Waals surface area (Å²) < 4.78 is 10.5. The van der Waals surface area contributed by atoms with Crippen LogP contribution in [0.5, 0.6) is 11.5 Å². The molecular formula is C18H21NO2. The quantitative estimate of drug-likeness (QED) is 0.938. The van der Waals surface area contributed by atoms with Crippen LogP contribution in [0.3, 0.4) is 0 Å². The van der Waals surface area contributed by atoms with Crippen molar-refractivity contribution in [1.82, 2.24) is 0 Å². The number of hydrogen-bond acceptors (Lipinski definition) is 3. The number of rotatable bonds is 3. The maximum absolute atomic E-state index is 6.53. The van der Waals surface area contributed by atoms with Gasteiger partial charge in [-0.25, -0.2) is 0 Å². The molecule has 0 heterocycles. The van der Waals surface area contributed by atoms with Crippen molar-refractivity contribution >= 4 is 0 Å². The van der Waals surface area contributed by atoms with E-state index >= 15 is 0 Å². The van der Waals surface area contributed by atoms with Crippen LogP contribution in [0.15, 0.2) is 42.5 Å². The average Bonchev–Trinajstić information content (AvgIpc) is 2.55. The maximum Gasteiger partial charge on any atom is 0.119 e. The predicted molar refractivity (Wildman–Crippen MR) is 84.0 cm³/mol. The molecule has 3 rings (SSSR count). The number of hydrogen-bond donors (Lipinski definition) is 1. The van der Waals surface area contributed by atoms with Crippen molar-refractivity contribution in [3.8, 4) is 11.5 Å². The summed E-state index contributed by atoms with van der Waals surface area (Å²) >= 11 is 0. The summed E-state index contributed by atoms with van der Waals surface area (Å²) in [5.74, 6) is 2.10. The van der Waals surface area contributed by atoms with Gasteiger partial charge in [-0.05, 0) is 53.8 Å². The van der Waals surface area contributed by atoms with Crippen molar-refractivity contribution in [2.45, 2.75) is 24.8 Å². The van der Waals surface area contributed by atoms with Crippen LogP contribution in [0.25, 0.3) is 0 Å². The molecule has 0 aromatic heterocycles. The minimum atomic E-state index is 0.0113. The fourth-order valence-electron chi connectivity index (χ4n) is 3.17. The molecule has 0 radical (unpaired) electrons. The van der Waals surface area contributed by atoms with Crippen LogP contribution in [0.2, 0.25) is 0 Å². The highest BCUT2D eigenvalue weighted by atomic mass is 16.5. The lowest BCUT2D eigenvalue weighted by molar-refractivity contribution is 0.410. The Balaban J connectivity index is 1.91. The first kappa shape index (κ1) is 14.0. The van der Waals surface area contributed by atoms with Gasteiger partial charge < -0.3 is 15.2 Å². The van der Waals surface area contributed by atoms with Gasteiger partial charge in [-0.2, -0.15) is 0 Å². The number of aryl methyl sites for hydroxylation is 1. The summed E-state index contributed by atoms with van der Waals surface area (Å²) in [4.78, 5) is 0. The molecule has 0 fully saturated rings. The van der Waals surface area contributed by atoms with E-state index in [0.29, 0.717) is 5.92 Å². The van der Waals surface area contributed by atoms with Crippen molar-refractivity contribution in [3.05, 3.63) is 59.2 Å². The van der Waals surface area contributed by atoms with Crippen LogP contribution in [0.4, 0.5) is 0 Å². The molecule has 3 heteroatoms. The van der Waals surface area contributed by atoms with Crippen molar-refractivity contribution in [1.29, 1.82) is 0 Å². The number of ether oxygens (including phenoxy) is 2. The van der Waals surface area contributed by atoms with Gasteiger partial charge in [0.15, 0.2) is 0 Å². The van der Waals surface area contributed by atoms with Gasteiger partial charge >= 0.3 is 0 Å². The molecule has 1 aliphatic rings. The Bertz CT molecular complexity index is 622. The topological polar surface area (TPSA) is 44.5 Å². The summed E-state index contributed by atoms with van der Waals surface area (Å²) in [6.45, 7) is 0. The van der Waals surface area contributed by atoms with Gasteiger partial charge in [0.25, 0.3) is 0 Å². The third-order valence-electron chi connectivity index (χ3n) is 4.41. The van der Waals surface area contributed by atoms with Gasteiger partial charge in [0.2, 0.25) is 0 Å².